The van der Waals surface area contributed by atoms with E-state index >= 15 is 0 Å². The maximum absolute atomic E-state index is 12.2. The zero-order valence-electron chi connectivity index (χ0n) is 13.3. The number of nitrogens with two attached hydrogens (primary N) is 1. The van der Waals surface area contributed by atoms with Gasteiger partial charge >= 0.3 is 0 Å². The van der Waals surface area contributed by atoms with Crippen LogP contribution in [0.1, 0.15) is 22.4 Å². The summed E-state index contributed by atoms with van der Waals surface area (Å²) in [5.41, 5.74) is 11.3. The quantitative estimate of drug-likeness (QED) is 0.364. The van der Waals surface area contributed by atoms with Crippen LogP contribution in [0.25, 0.3) is 11.6 Å². The Bertz CT molecular complexity index is 1030. The number of H-pyrrole nitrogens is 1. The van der Waals surface area contributed by atoms with E-state index in [1.54, 1.807) is 0 Å². The number of amides is 1. The maximum Gasteiger partial charge on any atom is 0.256 e. The van der Waals surface area contributed by atoms with E-state index in [2.05, 4.69) is 22.1 Å². The molecule has 0 aliphatic carbocycles. The standard InChI is InChI=1S/C21H15N3O/c22-16-8-5-14(6-9-16)3-4-15-7-10-20-18(12-15)19(21(25)24-20)13-17-2-1-11-23-17/h1-2,5-13,23H,22H2,(H,24,25). The summed E-state index contributed by atoms with van der Waals surface area (Å²) in [6, 6.07) is 17.0. The van der Waals surface area contributed by atoms with Crippen molar-refractivity contribution in [1.82, 2.24) is 4.98 Å². The van der Waals surface area contributed by atoms with Gasteiger partial charge < -0.3 is 16.0 Å². The van der Waals surface area contributed by atoms with Gasteiger partial charge in [-0.3, -0.25) is 4.79 Å². The Kier molecular flexibility index (Phi) is 3.60. The molecule has 4 N–H and O–H groups in total. The number of carbonyl (C=O) groups is 1. The van der Waals surface area contributed by atoms with Crippen LogP contribution in [-0.4, -0.2) is 10.9 Å². The molecule has 0 unspecified atom stereocenters. The lowest BCUT2D eigenvalue weighted by atomic mass is 10.0. The number of rotatable bonds is 1. The van der Waals surface area contributed by atoms with Crippen molar-refractivity contribution in [3.8, 4) is 11.8 Å². The molecule has 1 aromatic heterocycles. The first kappa shape index (κ1) is 14.9. The summed E-state index contributed by atoms with van der Waals surface area (Å²) in [6.45, 7) is 0. The van der Waals surface area contributed by atoms with E-state index in [9.17, 15) is 4.79 Å². The molecule has 0 spiro atoms. The fraction of sp³-hybridized carbons (Fsp3) is 0. The summed E-state index contributed by atoms with van der Waals surface area (Å²) in [5.74, 6) is 6.15. The number of benzene rings is 2. The SMILES string of the molecule is Nc1ccc(C#Cc2ccc3c(c2)C(=Cc2ccc[nH]2)C(=O)N3)cc1. The van der Waals surface area contributed by atoms with Crippen molar-refractivity contribution in [2.75, 3.05) is 11.1 Å². The molecule has 4 nitrogen and oxygen atoms in total. The number of aromatic nitrogens is 1. The highest BCUT2D eigenvalue weighted by molar-refractivity contribution is 6.34. The fourth-order valence-corrected chi connectivity index (χ4v) is 2.71. The Hall–Kier alpha value is -3.71. The number of nitrogen functional groups attached to an aromatic ring is 1. The molecule has 0 bridgehead atoms. The van der Waals surface area contributed by atoms with E-state index in [1.807, 2.05) is 66.9 Å². The van der Waals surface area contributed by atoms with Gasteiger partial charge in [0.15, 0.2) is 0 Å². The Labute approximate surface area is 145 Å². The first-order chi connectivity index (χ1) is 12.2. The smallest absolute Gasteiger partial charge is 0.256 e. The zero-order valence-corrected chi connectivity index (χ0v) is 13.3. The van der Waals surface area contributed by atoms with Crippen LogP contribution >= 0.6 is 0 Å². The average molecular weight is 325 g/mol. The molecule has 0 saturated carbocycles. The monoisotopic (exact) mass is 325 g/mol. The molecule has 0 radical (unpaired) electrons. The average Bonchev–Trinajstić information content (AvgIpc) is 3.23. The van der Waals surface area contributed by atoms with Crippen LogP contribution in [-0.2, 0) is 4.79 Å². The molecule has 4 heteroatoms. The van der Waals surface area contributed by atoms with Crippen LogP contribution in [0.2, 0.25) is 0 Å². The number of aromatic amines is 1. The summed E-state index contributed by atoms with van der Waals surface area (Å²) >= 11 is 0. The first-order valence-electron chi connectivity index (χ1n) is 7.87. The third-order valence-electron chi connectivity index (χ3n) is 3.99. The van der Waals surface area contributed by atoms with Gasteiger partial charge in [-0.2, -0.15) is 0 Å². The van der Waals surface area contributed by atoms with Crippen molar-refractivity contribution in [3.05, 3.63) is 83.2 Å². The third-order valence-corrected chi connectivity index (χ3v) is 3.99. The van der Waals surface area contributed by atoms with Gasteiger partial charge in [0.2, 0.25) is 0 Å². The molecule has 1 aliphatic rings. The number of hydrogen-bond donors (Lipinski definition) is 3. The molecule has 120 valence electrons. The third kappa shape index (κ3) is 3.04. The van der Waals surface area contributed by atoms with Crippen LogP contribution in [0.3, 0.4) is 0 Å². The second kappa shape index (κ2) is 6.06. The number of hydrogen-bond acceptors (Lipinski definition) is 2. The molecular formula is C21H15N3O. The van der Waals surface area contributed by atoms with Crippen molar-refractivity contribution in [2.24, 2.45) is 0 Å². The molecule has 1 aliphatic heterocycles. The predicted molar refractivity (Wildman–Crippen MR) is 101 cm³/mol. The van der Waals surface area contributed by atoms with Crippen LogP contribution in [0, 0.1) is 11.8 Å². The Morgan fingerprint density at radius 2 is 1.72 bits per heavy atom. The Balaban J connectivity index is 1.69. The lowest BCUT2D eigenvalue weighted by molar-refractivity contribution is -0.110. The first-order valence-corrected chi connectivity index (χ1v) is 7.87. The second-order valence-corrected chi connectivity index (χ2v) is 5.77. The molecule has 0 fully saturated rings. The molecule has 0 saturated heterocycles. The minimum atomic E-state index is -0.103. The van der Waals surface area contributed by atoms with Gasteiger partial charge in [0, 0.05) is 40.0 Å². The van der Waals surface area contributed by atoms with Gasteiger partial charge in [0.25, 0.3) is 5.91 Å². The number of carbonyl (C=O) groups excluding carboxylic acids is 1. The van der Waals surface area contributed by atoms with Gasteiger partial charge in [0.05, 0.1) is 5.57 Å². The summed E-state index contributed by atoms with van der Waals surface area (Å²) in [7, 11) is 0. The molecule has 4 rings (SSSR count). The number of nitrogens with one attached hydrogen (secondary N) is 2. The van der Waals surface area contributed by atoms with E-state index in [4.69, 9.17) is 5.73 Å². The molecular weight excluding hydrogens is 310 g/mol. The molecule has 3 aromatic rings. The fourth-order valence-electron chi connectivity index (χ4n) is 2.71. The lowest BCUT2D eigenvalue weighted by Gasteiger charge is -1.99. The van der Waals surface area contributed by atoms with Crippen molar-refractivity contribution >= 4 is 28.9 Å². The van der Waals surface area contributed by atoms with Crippen LogP contribution in [0.15, 0.2) is 60.8 Å². The van der Waals surface area contributed by atoms with Crippen LogP contribution in [0.5, 0.6) is 0 Å². The molecule has 2 heterocycles. The second-order valence-electron chi connectivity index (χ2n) is 5.77. The highest BCUT2D eigenvalue weighted by Gasteiger charge is 2.24. The summed E-state index contributed by atoms with van der Waals surface area (Å²) in [4.78, 5) is 15.3. The van der Waals surface area contributed by atoms with E-state index in [-0.39, 0.29) is 5.91 Å². The van der Waals surface area contributed by atoms with E-state index < -0.39 is 0 Å². The van der Waals surface area contributed by atoms with Crippen LogP contribution in [0.4, 0.5) is 11.4 Å². The minimum Gasteiger partial charge on any atom is -0.399 e. The predicted octanol–water partition coefficient (Wildman–Crippen LogP) is 3.49. The largest absolute Gasteiger partial charge is 0.399 e. The summed E-state index contributed by atoms with van der Waals surface area (Å²) in [5, 5.41) is 2.88. The highest BCUT2D eigenvalue weighted by Crippen LogP contribution is 2.33. The number of fused-ring (bicyclic) bond motifs is 1. The van der Waals surface area contributed by atoms with Crippen molar-refractivity contribution in [1.29, 1.82) is 0 Å². The summed E-state index contributed by atoms with van der Waals surface area (Å²) < 4.78 is 0. The molecule has 0 atom stereocenters. The molecule has 25 heavy (non-hydrogen) atoms. The van der Waals surface area contributed by atoms with Crippen molar-refractivity contribution < 1.29 is 4.79 Å². The van der Waals surface area contributed by atoms with Crippen molar-refractivity contribution in [2.45, 2.75) is 0 Å². The highest BCUT2D eigenvalue weighted by atomic mass is 16.2. The Morgan fingerprint density at radius 1 is 0.960 bits per heavy atom. The lowest BCUT2D eigenvalue weighted by Crippen LogP contribution is -2.03. The topological polar surface area (TPSA) is 70.9 Å². The zero-order chi connectivity index (χ0) is 17.2. The van der Waals surface area contributed by atoms with Gasteiger partial charge in [-0.15, -0.1) is 0 Å². The minimum absolute atomic E-state index is 0.103. The van der Waals surface area contributed by atoms with E-state index in [0.717, 1.165) is 28.1 Å². The normalized spacial score (nSPS) is 13.9. The summed E-state index contributed by atoms with van der Waals surface area (Å²) in [6.07, 6.45) is 3.67. The van der Waals surface area contributed by atoms with Gasteiger partial charge in [-0.05, 0) is 60.7 Å². The Morgan fingerprint density at radius 3 is 2.48 bits per heavy atom. The van der Waals surface area contributed by atoms with Crippen molar-refractivity contribution in [3.63, 3.8) is 0 Å². The number of anilines is 2. The van der Waals surface area contributed by atoms with Gasteiger partial charge in [0.1, 0.15) is 0 Å². The van der Waals surface area contributed by atoms with E-state index in [0.29, 0.717) is 11.3 Å². The maximum atomic E-state index is 12.2. The molecule has 1 amide bonds. The van der Waals surface area contributed by atoms with Crippen LogP contribution < -0.4 is 11.1 Å². The van der Waals surface area contributed by atoms with E-state index in [1.165, 1.54) is 0 Å². The molecule has 2 aromatic carbocycles. The van der Waals surface area contributed by atoms with Gasteiger partial charge in [-0.1, -0.05) is 11.8 Å². The van der Waals surface area contributed by atoms with Gasteiger partial charge in [-0.25, -0.2) is 0 Å².